The first-order chi connectivity index (χ1) is 8.52. The van der Waals surface area contributed by atoms with E-state index in [1.807, 2.05) is 0 Å². The molecule has 0 heterocycles. The van der Waals surface area contributed by atoms with E-state index >= 15 is 0 Å². The van der Waals surface area contributed by atoms with Gasteiger partial charge in [-0.3, -0.25) is 0 Å². The summed E-state index contributed by atoms with van der Waals surface area (Å²) in [5.41, 5.74) is 0.735. The van der Waals surface area contributed by atoms with Crippen LogP contribution in [0.2, 0.25) is 0 Å². The van der Waals surface area contributed by atoms with Gasteiger partial charge in [-0.15, -0.1) is 0 Å². The fraction of sp³-hybridized carbons (Fsp3) is 0.0714. The molecular formula is C14H8F3N. The zero-order valence-electron chi connectivity index (χ0n) is 9.47. The minimum atomic E-state index is -1.12. The zero-order valence-corrected chi connectivity index (χ0v) is 9.47. The highest BCUT2D eigenvalue weighted by atomic mass is 19.2. The van der Waals surface area contributed by atoms with Gasteiger partial charge in [0.2, 0.25) is 0 Å². The Balaban J connectivity index is 2.71. The molecule has 0 aliphatic carbocycles. The molecule has 0 aromatic heterocycles. The zero-order chi connectivity index (χ0) is 13.3. The second-order valence-corrected chi connectivity index (χ2v) is 3.91. The Bertz CT molecular complexity index is 657. The normalized spacial score (nSPS) is 10.2. The van der Waals surface area contributed by atoms with Crippen LogP contribution in [0.1, 0.15) is 11.1 Å². The summed E-state index contributed by atoms with van der Waals surface area (Å²) in [7, 11) is 0. The van der Waals surface area contributed by atoms with Crippen LogP contribution in [0, 0.1) is 35.7 Å². The third-order valence-electron chi connectivity index (χ3n) is 2.60. The van der Waals surface area contributed by atoms with Crippen LogP contribution in [-0.4, -0.2) is 0 Å². The van der Waals surface area contributed by atoms with Crippen molar-refractivity contribution >= 4 is 0 Å². The van der Waals surface area contributed by atoms with Gasteiger partial charge in [0.1, 0.15) is 5.82 Å². The quantitative estimate of drug-likeness (QED) is 0.748. The third-order valence-corrected chi connectivity index (χ3v) is 2.60. The topological polar surface area (TPSA) is 23.8 Å². The van der Waals surface area contributed by atoms with Crippen LogP contribution in [0.4, 0.5) is 13.2 Å². The summed E-state index contributed by atoms with van der Waals surface area (Å²) < 4.78 is 40.0. The van der Waals surface area contributed by atoms with Crippen LogP contribution in [0.3, 0.4) is 0 Å². The van der Waals surface area contributed by atoms with E-state index in [4.69, 9.17) is 5.26 Å². The predicted octanol–water partition coefficient (Wildman–Crippen LogP) is 3.95. The molecule has 0 atom stereocenters. The van der Waals surface area contributed by atoms with Crippen molar-refractivity contribution in [2.24, 2.45) is 0 Å². The molecule has 0 aliphatic heterocycles. The van der Waals surface area contributed by atoms with Crippen LogP contribution < -0.4 is 0 Å². The molecule has 0 N–H and O–H groups in total. The number of hydrogen-bond donors (Lipinski definition) is 0. The van der Waals surface area contributed by atoms with Crippen LogP contribution >= 0.6 is 0 Å². The van der Waals surface area contributed by atoms with Gasteiger partial charge in [-0.25, -0.2) is 13.2 Å². The van der Waals surface area contributed by atoms with E-state index in [0.29, 0.717) is 5.56 Å². The molecule has 2 aromatic rings. The van der Waals surface area contributed by atoms with Gasteiger partial charge in [0, 0.05) is 11.1 Å². The largest absolute Gasteiger partial charge is 0.206 e. The maximum Gasteiger partial charge on any atom is 0.160 e. The summed E-state index contributed by atoms with van der Waals surface area (Å²) in [5, 5.41) is 8.88. The lowest BCUT2D eigenvalue weighted by Gasteiger charge is -2.07. The molecule has 18 heavy (non-hydrogen) atoms. The van der Waals surface area contributed by atoms with Crippen LogP contribution in [0.5, 0.6) is 0 Å². The van der Waals surface area contributed by atoms with Crippen molar-refractivity contribution in [2.45, 2.75) is 6.92 Å². The molecule has 90 valence electrons. The molecular weight excluding hydrogens is 239 g/mol. The molecule has 2 aromatic carbocycles. The smallest absolute Gasteiger partial charge is 0.160 e. The Labute approximate surface area is 102 Å². The highest BCUT2D eigenvalue weighted by molar-refractivity contribution is 5.71. The summed E-state index contributed by atoms with van der Waals surface area (Å²) in [6.45, 7) is 1.71. The molecule has 4 heteroatoms. The Kier molecular flexibility index (Phi) is 3.07. The molecule has 0 amide bonds. The summed E-state index contributed by atoms with van der Waals surface area (Å²) in [6.07, 6.45) is 0. The highest BCUT2D eigenvalue weighted by Crippen LogP contribution is 2.28. The average molecular weight is 247 g/mol. The summed E-state index contributed by atoms with van der Waals surface area (Å²) in [5.74, 6) is -2.80. The van der Waals surface area contributed by atoms with E-state index in [2.05, 4.69) is 0 Å². The number of hydrogen-bond acceptors (Lipinski definition) is 1. The van der Waals surface area contributed by atoms with E-state index in [9.17, 15) is 13.2 Å². The predicted molar refractivity (Wildman–Crippen MR) is 61.2 cm³/mol. The molecule has 0 unspecified atom stereocenters. The lowest BCUT2D eigenvalue weighted by Crippen LogP contribution is -1.94. The molecule has 0 saturated heterocycles. The molecule has 0 spiro atoms. The van der Waals surface area contributed by atoms with Gasteiger partial charge in [-0.2, -0.15) is 5.26 Å². The molecule has 2 rings (SSSR count). The molecule has 0 saturated carbocycles. The Morgan fingerprint density at radius 3 is 2.17 bits per heavy atom. The van der Waals surface area contributed by atoms with E-state index in [1.54, 1.807) is 19.1 Å². The Morgan fingerprint density at radius 2 is 1.56 bits per heavy atom. The van der Waals surface area contributed by atoms with Gasteiger partial charge >= 0.3 is 0 Å². The molecule has 1 nitrogen and oxygen atoms in total. The number of nitrogens with zero attached hydrogens (tertiary/aromatic N) is 1. The summed E-state index contributed by atoms with van der Waals surface area (Å²) in [4.78, 5) is 0. The fourth-order valence-corrected chi connectivity index (χ4v) is 1.70. The van der Waals surface area contributed by atoms with E-state index in [0.717, 1.165) is 12.1 Å². The van der Waals surface area contributed by atoms with Gasteiger partial charge in [0.15, 0.2) is 11.6 Å². The fourth-order valence-electron chi connectivity index (χ4n) is 1.70. The van der Waals surface area contributed by atoms with Crippen molar-refractivity contribution in [1.29, 1.82) is 5.26 Å². The van der Waals surface area contributed by atoms with Crippen molar-refractivity contribution < 1.29 is 13.2 Å². The number of rotatable bonds is 1. The standard InChI is InChI=1S/C14H8F3N/c1-8-2-3-10(12(15)4-8)11-6-14(17)13(16)5-9(11)7-18/h2-6H,1H3. The van der Waals surface area contributed by atoms with E-state index in [-0.39, 0.29) is 16.7 Å². The second kappa shape index (κ2) is 4.53. The summed E-state index contributed by atoms with van der Waals surface area (Å²) in [6, 6.07) is 7.69. The molecule has 0 aliphatic rings. The Hall–Kier alpha value is -2.28. The average Bonchev–Trinajstić information content (AvgIpc) is 2.32. The number of nitriles is 1. The van der Waals surface area contributed by atoms with Crippen LogP contribution in [-0.2, 0) is 0 Å². The monoisotopic (exact) mass is 247 g/mol. The minimum Gasteiger partial charge on any atom is -0.206 e. The van der Waals surface area contributed by atoms with Crippen LogP contribution in [0.15, 0.2) is 30.3 Å². The van der Waals surface area contributed by atoms with Crippen molar-refractivity contribution in [3.05, 3.63) is 58.9 Å². The summed E-state index contributed by atoms with van der Waals surface area (Å²) >= 11 is 0. The Morgan fingerprint density at radius 1 is 0.889 bits per heavy atom. The van der Waals surface area contributed by atoms with Crippen molar-refractivity contribution in [1.82, 2.24) is 0 Å². The molecule has 0 radical (unpaired) electrons. The number of benzene rings is 2. The van der Waals surface area contributed by atoms with Gasteiger partial charge in [0.05, 0.1) is 11.6 Å². The number of aryl methyl sites for hydroxylation is 1. The van der Waals surface area contributed by atoms with Crippen molar-refractivity contribution in [3.63, 3.8) is 0 Å². The maximum absolute atomic E-state index is 13.8. The van der Waals surface area contributed by atoms with Gasteiger partial charge in [-0.05, 0) is 30.7 Å². The first-order valence-corrected chi connectivity index (χ1v) is 5.18. The highest BCUT2D eigenvalue weighted by Gasteiger charge is 2.14. The lowest BCUT2D eigenvalue weighted by molar-refractivity contribution is 0.508. The van der Waals surface area contributed by atoms with Gasteiger partial charge in [0.25, 0.3) is 0 Å². The third kappa shape index (κ3) is 2.07. The number of halogens is 3. The SMILES string of the molecule is Cc1ccc(-c2cc(F)c(F)cc2C#N)c(F)c1. The van der Waals surface area contributed by atoms with Crippen molar-refractivity contribution in [3.8, 4) is 17.2 Å². The van der Waals surface area contributed by atoms with E-state index in [1.165, 1.54) is 12.1 Å². The minimum absolute atomic E-state index is 0.0499. The van der Waals surface area contributed by atoms with Gasteiger partial charge in [-0.1, -0.05) is 12.1 Å². The van der Waals surface area contributed by atoms with Crippen LogP contribution in [0.25, 0.3) is 11.1 Å². The first kappa shape index (κ1) is 12.2. The lowest BCUT2D eigenvalue weighted by atomic mass is 9.98. The molecule has 0 bridgehead atoms. The van der Waals surface area contributed by atoms with Gasteiger partial charge < -0.3 is 0 Å². The van der Waals surface area contributed by atoms with Crippen molar-refractivity contribution in [2.75, 3.05) is 0 Å². The first-order valence-electron chi connectivity index (χ1n) is 5.18. The maximum atomic E-state index is 13.8. The van der Waals surface area contributed by atoms with E-state index < -0.39 is 17.5 Å². The second-order valence-electron chi connectivity index (χ2n) is 3.91. The molecule has 0 fully saturated rings.